The molecule has 0 spiro atoms. The van der Waals surface area contributed by atoms with Gasteiger partial charge in [-0.05, 0) is 18.9 Å². The summed E-state index contributed by atoms with van der Waals surface area (Å²) in [6.45, 7) is 1.32. The van der Waals surface area contributed by atoms with Crippen molar-refractivity contribution in [3.63, 3.8) is 0 Å². The monoisotopic (exact) mass is 255 g/mol. The fourth-order valence-corrected chi connectivity index (χ4v) is 2.23. The van der Waals surface area contributed by atoms with E-state index in [-0.39, 0.29) is 11.7 Å². The van der Waals surface area contributed by atoms with Crippen LogP contribution in [0.2, 0.25) is 5.02 Å². The molecule has 1 amide bonds. The lowest BCUT2D eigenvalue weighted by molar-refractivity contribution is 0.1000. The second-order valence-electron chi connectivity index (χ2n) is 4.14. The van der Waals surface area contributed by atoms with Gasteiger partial charge in [0.2, 0.25) is 5.91 Å². The Kier molecular flexibility index (Phi) is 3.49. The number of aliphatic hydroxyl groups is 1. The Morgan fingerprint density at radius 1 is 1.65 bits per heavy atom. The number of aliphatic hydroxyl groups excluding tert-OH is 1. The number of carbonyl (C=O) groups excluding carboxylic acids is 1. The highest BCUT2D eigenvalue weighted by Crippen LogP contribution is 2.26. The number of hydrogen-bond donors (Lipinski definition) is 2. The summed E-state index contributed by atoms with van der Waals surface area (Å²) in [5.41, 5.74) is 5.43. The highest BCUT2D eigenvalue weighted by Gasteiger charge is 2.21. The zero-order chi connectivity index (χ0) is 12.4. The molecule has 0 bridgehead atoms. The number of hydrogen-bond acceptors (Lipinski definition) is 4. The first-order valence-electron chi connectivity index (χ1n) is 5.46. The van der Waals surface area contributed by atoms with Gasteiger partial charge in [0, 0.05) is 19.3 Å². The maximum absolute atomic E-state index is 11.0. The van der Waals surface area contributed by atoms with Gasteiger partial charge in [-0.25, -0.2) is 4.98 Å². The number of β-amino-alcohol motifs (C(OH)–C–C–N with tert-alkyl or cyclic N) is 1. The number of aromatic nitrogens is 1. The molecular weight excluding hydrogens is 242 g/mol. The molecule has 1 aromatic heterocycles. The second kappa shape index (κ2) is 4.89. The zero-order valence-electron chi connectivity index (χ0n) is 9.27. The topological polar surface area (TPSA) is 79.5 Å². The fraction of sp³-hybridized carbons (Fsp3) is 0.455. The van der Waals surface area contributed by atoms with Crippen LogP contribution in [0.3, 0.4) is 0 Å². The van der Waals surface area contributed by atoms with Gasteiger partial charge >= 0.3 is 0 Å². The molecule has 0 aromatic carbocycles. The van der Waals surface area contributed by atoms with E-state index in [0.29, 0.717) is 17.4 Å². The van der Waals surface area contributed by atoms with Gasteiger partial charge in [0.05, 0.1) is 16.7 Å². The van der Waals surface area contributed by atoms with E-state index in [9.17, 15) is 9.90 Å². The van der Waals surface area contributed by atoms with Crippen LogP contribution in [-0.4, -0.2) is 35.2 Å². The number of nitrogens with zero attached hydrogens (tertiary/aromatic N) is 2. The van der Waals surface area contributed by atoms with Crippen molar-refractivity contribution in [2.24, 2.45) is 5.73 Å². The van der Waals surface area contributed by atoms with Crippen LogP contribution in [0.5, 0.6) is 0 Å². The molecule has 1 atom stereocenters. The molecule has 6 heteroatoms. The number of anilines is 1. The Balaban J connectivity index is 2.23. The van der Waals surface area contributed by atoms with Gasteiger partial charge in [0.15, 0.2) is 0 Å². The number of primary amides is 1. The van der Waals surface area contributed by atoms with Crippen molar-refractivity contribution in [1.82, 2.24) is 4.98 Å². The van der Waals surface area contributed by atoms with Gasteiger partial charge in [-0.3, -0.25) is 4.79 Å². The van der Waals surface area contributed by atoms with Crippen LogP contribution in [-0.2, 0) is 0 Å². The summed E-state index contributed by atoms with van der Waals surface area (Å²) in [5, 5.41) is 9.97. The molecule has 1 aromatic rings. The smallest absolute Gasteiger partial charge is 0.250 e. The van der Waals surface area contributed by atoms with Crippen LogP contribution in [0.1, 0.15) is 23.2 Å². The van der Waals surface area contributed by atoms with Crippen molar-refractivity contribution in [3.8, 4) is 0 Å². The average Bonchev–Trinajstić information content (AvgIpc) is 2.28. The number of nitrogens with two attached hydrogens (primary N) is 1. The Bertz CT molecular complexity index is 439. The summed E-state index contributed by atoms with van der Waals surface area (Å²) >= 11 is 6.06. The zero-order valence-corrected chi connectivity index (χ0v) is 10.0. The first-order valence-corrected chi connectivity index (χ1v) is 5.84. The number of piperidine rings is 1. The molecule has 2 heterocycles. The minimum atomic E-state index is -0.551. The van der Waals surface area contributed by atoms with E-state index in [2.05, 4.69) is 4.98 Å². The van der Waals surface area contributed by atoms with Crippen LogP contribution < -0.4 is 10.6 Å². The summed E-state index contributed by atoms with van der Waals surface area (Å²) in [6, 6.07) is 1.51. The first-order chi connectivity index (χ1) is 8.08. The van der Waals surface area contributed by atoms with E-state index in [1.807, 2.05) is 4.90 Å². The highest BCUT2D eigenvalue weighted by molar-refractivity contribution is 6.33. The molecule has 1 saturated heterocycles. The average molecular weight is 256 g/mol. The van der Waals surface area contributed by atoms with Crippen molar-refractivity contribution in [2.75, 3.05) is 18.0 Å². The lowest BCUT2D eigenvalue weighted by Gasteiger charge is -2.31. The molecule has 2 rings (SSSR count). The van der Waals surface area contributed by atoms with Crippen molar-refractivity contribution in [3.05, 3.63) is 22.8 Å². The Morgan fingerprint density at radius 3 is 3.00 bits per heavy atom. The molecule has 5 nitrogen and oxygen atoms in total. The third kappa shape index (κ3) is 2.68. The fourth-order valence-electron chi connectivity index (χ4n) is 1.95. The molecule has 0 aliphatic carbocycles. The van der Waals surface area contributed by atoms with Crippen LogP contribution in [0.4, 0.5) is 5.82 Å². The van der Waals surface area contributed by atoms with Crippen LogP contribution >= 0.6 is 11.6 Å². The molecule has 1 unspecified atom stereocenters. The molecule has 1 fully saturated rings. The van der Waals surface area contributed by atoms with Crippen molar-refractivity contribution < 1.29 is 9.90 Å². The van der Waals surface area contributed by atoms with Crippen molar-refractivity contribution in [2.45, 2.75) is 18.9 Å². The Labute approximate surface area is 104 Å². The maximum atomic E-state index is 11.0. The molecule has 1 aliphatic heterocycles. The molecule has 1 aliphatic rings. The predicted molar refractivity (Wildman–Crippen MR) is 65.2 cm³/mol. The summed E-state index contributed by atoms with van der Waals surface area (Å²) in [5.74, 6) is 0.0417. The van der Waals surface area contributed by atoms with Gasteiger partial charge in [-0.1, -0.05) is 11.6 Å². The normalized spacial score (nSPS) is 20.4. The number of pyridine rings is 1. The number of halogens is 1. The Hall–Kier alpha value is -1.33. The number of carbonyl (C=O) groups is 1. The number of rotatable bonds is 2. The van der Waals surface area contributed by atoms with Gasteiger partial charge in [0.1, 0.15) is 5.82 Å². The lowest BCUT2D eigenvalue weighted by Crippen LogP contribution is -2.38. The largest absolute Gasteiger partial charge is 0.391 e. The first kappa shape index (κ1) is 12.1. The predicted octanol–water partition coefficient (Wildman–Crippen LogP) is 0.795. The van der Waals surface area contributed by atoms with Gasteiger partial charge in [-0.15, -0.1) is 0 Å². The van der Waals surface area contributed by atoms with Crippen LogP contribution in [0.15, 0.2) is 12.3 Å². The van der Waals surface area contributed by atoms with E-state index < -0.39 is 5.91 Å². The molecule has 0 saturated carbocycles. The Morgan fingerprint density at radius 2 is 2.41 bits per heavy atom. The van der Waals surface area contributed by atoms with E-state index in [0.717, 1.165) is 19.4 Å². The van der Waals surface area contributed by atoms with Gasteiger partial charge < -0.3 is 15.7 Å². The highest BCUT2D eigenvalue weighted by atomic mass is 35.5. The van der Waals surface area contributed by atoms with E-state index >= 15 is 0 Å². The molecule has 0 radical (unpaired) electrons. The number of amides is 1. The quantitative estimate of drug-likeness (QED) is 0.819. The molecular formula is C11H14ClN3O2. The van der Waals surface area contributed by atoms with Gasteiger partial charge in [-0.2, -0.15) is 0 Å². The van der Waals surface area contributed by atoms with Gasteiger partial charge in [0.25, 0.3) is 0 Å². The summed E-state index contributed by atoms with van der Waals surface area (Å²) < 4.78 is 0. The lowest BCUT2D eigenvalue weighted by atomic mass is 10.1. The third-order valence-electron chi connectivity index (χ3n) is 2.80. The minimum absolute atomic E-state index is 0.288. The summed E-state index contributed by atoms with van der Waals surface area (Å²) in [4.78, 5) is 17.0. The minimum Gasteiger partial charge on any atom is -0.391 e. The standard InChI is InChI=1S/C11H14ClN3O2/c12-9-4-7(10(13)17)5-14-11(9)15-3-1-2-8(16)6-15/h4-5,8,16H,1-3,6H2,(H2,13,17). The van der Waals surface area contributed by atoms with E-state index in [1.54, 1.807) is 0 Å². The maximum Gasteiger partial charge on any atom is 0.250 e. The SMILES string of the molecule is NC(=O)c1cnc(N2CCCC(O)C2)c(Cl)c1. The van der Waals surface area contributed by atoms with E-state index in [1.165, 1.54) is 12.3 Å². The third-order valence-corrected chi connectivity index (χ3v) is 3.08. The summed E-state index contributed by atoms with van der Waals surface area (Å²) in [6.07, 6.45) is 2.76. The molecule has 3 N–H and O–H groups in total. The molecule has 92 valence electrons. The molecule has 17 heavy (non-hydrogen) atoms. The van der Waals surface area contributed by atoms with Crippen molar-refractivity contribution in [1.29, 1.82) is 0 Å². The van der Waals surface area contributed by atoms with Crippen molar-refractivity contribution >= 4 is 23.3 Å². The van der Waals surface area contributed by atoms with Crippen LogP contribution in [0.25, 0.3) is 0 Å². The van der Waals surface area contributed by atoms with Crippen LogP contribution in [0, 0.1) is 0 Å². The second-order valence-corrected chi connectivity index (χ2v) is 4.54. The summed E-state index contributed by atoms with van der Waals surface area (Å²) in [7, 11) is 0. The van der Waals surface area contributed by atoms with E-state index in [4.69, 9.17) is 17.3 Å².